The van der Waals surface area contributed by atoms with E-state index in [2.05, 4.69) is 4.98 Å². The fraction of sp³-hybridized carbons (Fsp3) is 0.0714. The summed E-state index contributed by atoms with van der Waals surface area (Å²) in [6.45, 7) is 0.414. The van der Waals surface area contributed by atoms with Crippen molar-refractivity contribution in [2.45, 2.75) is 6.54 Å². The van der Waals surface area contributed by atoms with E-state index in [1.54, 1.807) is 16.7 Å². The number of imidazole rings is 1. The van der Waals surface area contributed by atoms with Crippen LogP contribution in [0.5, 0.6) is 0 Å². The molecule has 2 aromatic heterocycles. The molecule has 2 N–H and O–H groups in total. The zero-order valence-electron chi connectivity index (χ0n) is 9.98. The molecule has 0 amide bonds. The van der Waals surface area contributed by atoms with E-state index >= 15 is 0 Å². The Balaban J connectivity index is 2.17. The quantitative estimate of drug-likeness (QED) is 0.769. The van der Waals surface area contributed by atoms with Gasteiger partial charge in [0.2, 0.25) is 0 Å². The Morgan fingerprint density at radius 1 is 1.11 bits per heavy atom. The van der Waals surface area contributed by atoms with Gasteiger partial charge >= 0.3 is 0 Å². The molecule has 19 heavy (non-hydrogen) atoms. The lowest BCUT2D eigenvalue weighted by atomic mass is 10.1. The van der Waals surface area contributed by atoms with Crippen molar-refractivity contribution in [2.75, 3.05) is 0 Å². The van der Waals surface area contributed by atoms with Crippen LogP contribution in [0.1, 0.15) is 5.56 Å². The number of nitrogens with zero attached hydrogens (tertiary/aromatic N) is 2. The van der Waals surface area contributed by atoms with Gasteiger partial charge in [-0.2, -0.15) is 0 Å². The summed E-state index contributed by atoms with van der Waals surface area (Å²) < 4.78 is 28.6. The first kappa shape index (κ1) is 11.8. The molecule has 0 unspecified atom stereocenters. The lowest BCUT2D eigenvalue weighted by molar-refractivity contribution is 0.603. The topological polar surface area (TPSA) is 43.3 Å². The number of halogens is 2. The molecule has 5 heteroatoms. The molecule has 3 rings (SSSR count). The van der Waals surface area contributed by atoms with Gasteiger partial charge in [0.1, 0.15) is 17.3 Å². The minimum Gasteiger partial charge on any atom is -0.326 e. The Kier molecular flexibility index (Phi) is 2.76. The highest BCUT2D eigenvalue weighted by Crippen LogP contribution is 2.23. The monoisotopic (exact) mass is 259 g/mol. The second-order valence-electron chi connectivity index (χ2n) is 4.26. The highest BCUT2D eigenvalue weighted by Gasteiger charge is 2.10. The summed E-state index contributed by atoms with van der Waals surface area (Å²) in [6.07, 6.45) is 3.48. The van der Waals surface area contributed by atoms with Crippen LogP contribution in [-0.2, 0) is 6.54 Å². The van der Waals surface area contributed by atoms with Crippen LogP contribution in [0.2, 0.25) is 0 Å². The zero-order valence-corrected chi connectivity index (χ0v) is 9.98. The standard InChI is InChI=1S/C14H11F2N3/c15-10-2-3-12(16)11(5-10)13-8-19-7-9(6-17)1-4-14(19)18-13/h1-5,7-8H,6,17H2. The lowest BCUT2D eigenvalue weighted by Crippen LogP contribution is -1.97. The van der Waals surface area contributed by atoms with Gasteiger partial charge in [0.25, 0.3) is 0 Å². The fourth-order valence-electron chi connectivity index (χ4n) is 1.98. The molecule has 96 valence electrons. The third kappa shape index (κ3) is 2.08. The van der Waals surface area contributed by atoms with E-state index in [9.17, 15) is 8.78 Å². The molecule has 3 aromatic rings. The molecule has 0 bridgehead atoms. The van der Waals surface area contributed by atoms with E-state index in [4.69, 9.17) is 5.73 Å². The third-order valence-corrected chi connectivity index (χ3v) is 2.95. The Hall–Kier alpha value is -2.27. The summed E-state index contributed by atoms with van der Waals surface area (Å²) in [7, 11) is 0. The number of hydrogen-bond acceptors (Lipinski definition) is 2. The summed E-state index contributed by atoms with van der Waals surface area (Å²) in [5.74, 6) is -0.986. The van der Waals surface area contributed by atoms with Crippen molar-refractivity contribution in [1.82, 2.24) is 9.38 Å². The van der Waals surface area contributed by atoms with Crippen molar-refractivity contribution >= 4 is 5.65 Å². The largest absolute Gasteiger partial charge is 0.326 e. The third-order valence-electron chi connectivity index (χ3n) is 2.95. The minimum atomic E-state index is -0.496. The number of hydrogen-bond donors (Lipinski definition) is 1. The van der Waals surface area contributed by atoms with Crippen molar-refractivity contribution in [3.63, 3.8) is 0 Å². The number of pyridine rings is 1. The van der Waals surface area contributed by atoms with Gasteiger partial charge in [-0.3, -0.25) is 0 Å². The van der Waals surface area contributed by atoms with Gasteiger partial charge in [-0.25, -0.2) is 13.8 Å². The summed E-state index contributed by atoms with van der Waals surface area (Å²) in [5.41, 5.74) is 7.71. The molecular formula is C14H11F2N3. The average molecular weight is 259 g/mol. The molecule has 0 aliphatic carbocycles. The van der Waals surface area contributed by atoms with Crippen molar-refractivity contribution < 1.29 is 8.78 Å². The van der Waals surface area contributed by atoms with Crippen LogP contribution in [0.25, 0.3) is 16.9 Å². The first-order valence-corrected chi connectivity index (χ1v) is 5.80. The highest BCUT2D eigenvalue weighted by atomic mass is 19.1. The number of nitrogens with two attached hydrogens (primary N) is 1. The molecule has 0 atom stereocenters. The second kappa shape index (κ2) is 4.44. The molecular weight excluding hydrogens is 248 g/mol. The van der Waals surface area contributed by atoms with E-state index in [0.717, 1.165) is 23.8 Å². The van der Waals surface area contributed by atoms with Gasteiger partial charge in [-0.15, -0.1) is 0 Å². The molecule has 1 aromatic carbocycles. The average Bonchev–Trinajstić information content (AvgIpc) is 2.83. The van der Waals surface area contributed by atoms with Gasteiger partial charge < -0.3 is 10.1 Å². The molecule has 0 fully saturated rings. The molecule has 0 spiro atoms. The van der Waals surface area contributed by atoms with Crippen LogP contribution in [0, 0.1) is 11.6 Å². The van der Waals surface area contributed by atoms with E-state index in [1.807, 2.05) is 12.3 Å². The van der Waals surface area contributed by atoms with Gasteiger partial charge in [-0.05, 0) is 29.8 Å². The van der Waals surface area contributed by atoms with Crippen LogP contribution in [0.4, 0.5) is 8.78 Å². The molecule has 0 radical (unpaired) electrons. The molecule has 0 aliphatic rings. The second-order valence-corrected chi connectivity index (χ2v) is 4.26. The lowest BCUT2D eigenvalue weighted by Gasteiger charge is -1.98. The first-order valence-electron chi connectivity index (χ1n) is 5.80. The van der Waals surface area contributed by atoms with Gasteiger partial charge in [0.15, 0.2) is 0 Å². The van der Waals surface area contributed by atoms with Crippen molar-refractivity contribution in [1.29, 1.82) is 0 Å². The maximum absolute atomic E-state index is 13.7. The maximum atomic E-state index is 13.7. The van der Waals surface area contributed by atoms with E-state index < -0.39 is 11.6 Å². The van der Waals surface area contributed by atoms with E-state index in [-0.39, 0.29) is 5.56 Å². The van der Waals surface area contributed by atoms with Crippen LogP contribution < -0.4 is 5.73 Å². The number of aromatic nitrogens is 2. The van der Waals surface area contributed by atoms with Crippen molar-refractivity contribution in [3.8, 4) is 11.3 Å². The summed E-state index contributed by atoms with van der Waals surface area (Å²) in [4.78, 5) is 4.28. The van der Waals surface area contributed by atoms with E-state index in [0.29, 0.717) is 17.9 Å². The molecule has 0 saturated heterocycles. The molecule has 3 nitrogen and oxygen atoms in total. The number of benzene rings is 1. The molecule has 0 saturated carbocycles. The van der Waals surface area contributed by atoms with Gasteiger partial charge in [0.05, 0.1) is 5.69 Å². The Morgan fingerprint density at radius 2 is 1.95 bits per heavy atom. The smallest absolute Gasteiger partial charge is 0.137 e. The molecule has 0 aliphatic heterocycles. The van der Waals surface area contributed by atoms with Gasteiger partial charge in [0, 0.05) is 24.5 Å². The predicted molar refractivity (Wildman–Crippen MR) is 68.4 cm³/mol. The first-order chi connectivity index (χ1) is 9.17. The highest BCUT2D eigenvalue weighted by molar-refractivity contribution is 5.63. The molecule has 2 heterocycles. The van der Waals surface area contributed by atoms with Crippen LogP contribution in [-0.4, -0.2) is 9.38 Å². The normalized spacial score (nSPS) is 11.1. The summed E-state index contributed by atoms with van der Waals surface area (Å²) in [6, 6.07) is 6.97. The van der Waals surface area contributed by atoms with E-state index in [1.165, 1.54) is 0 Å². The predicted octanol–water partition coefficient (Wildman–Crippen LogP) is 2.74. The van der Waals surface area contributed by atoms with Crippen LogP contribution in [0.3, 0.4) is 0 Å². The fourth-order valence-corrected chi connectivity index (χ4v) is 1.98. The minimum absolute atomic E-state index is 0.151. The van der Waals surface area contributed by atoms with Crippen LogP contribution in [0.15, 0.2) is 42.7 Å². The summed E-state index contributed by atoms with van der Waals surface area (Å²) >= 11 is 0. The summed E-state index contributed by atoms with van der Waals surface area (Å²) in [5, 5.41) is 0. The SMILES string of the molecule is NCc1ccc2nc(-c3cc(F)ccc3F)cn2c1. The van der Waals surface area contributed by atoms with Crippen LogP contribution >= 0.6 is 0 Å². The van der Waals surface area contributed by atoms with Crippen molar-refractivity contribution in [3.05, 3.63) is 59.9 Å². The van der Waals surface area contributed by atoms with Gasteiger partial charge in [-0.1, -0.05) is 6.07 Å². The Labute approximate surface area is 108 Å². The number of fused-ring (bicyclic) bond motifs is 1. The Bertz CT molecular complexity index is 750. The zero-order chi connectivity index (χ0) is 13.4. The maximum Gasteiger partial charge on any atom is 0.137 e. The Morgan fingerprint density at radius 3 is 2.74 bits per heavy atom. The van der Waals surface area contributed by atoms with Crippen molar-refractivity contribution in [2.24, 2.45) is 5.73 Å². The number of rotatable bonds is 2.